The molecule has 3 rings (SSSR count). The first kappa shape index (κ1) is 14.4. The number of amides is 1. The van der Waals surface area contributed by atoms with Gasteiger partial charge in [0, 0.05) is 11.1 Å². The minimum atomic E-state index is -0.430. The summed E-state index contributed by atoms with van der Waals surface area (Å²) in [6.07, 6.45) is 2.07. The quantitative estimate of drug-likeness (QED) is 0.854. The molecule has 1 aliphatic heterocycles. The van der Waals surface area contributed by atoms with Crippen molar-refractivity contribution in [3.63, 3.8) is 0 Å². The number of carbonyl (C=O) groups is 1. The zero-order valence-corrected chi connectivity index (χ0v) is 13.0. The van der Waals surface area contributed by atoms with Crippen LogP contribution in [0, 0.1) is 0 Å². The summed E-state index contributed by atoms with van der Waals surface area (Å²) < 4.78 is 0. The van der Waals surface area contributed by atoms with Gasteiger partial charge in [-0.25, -0.2) is 0 Å². The number of benzene rings is 2. The predicted octanol–water partition coefficient (Wildman–Crippen LogP) is 4.23. The van der Waals surface area contributed by atoms with Crippen LogP contribution in [0.1, 0.15) is 36.7 Å². The lowest BCUT2D eigenvalue weighted by atomic mass is 9.88. The summed E-state index contributed by atoms with van der Waals surface area (Å²) >= 11 is 0. The fraction of sp³-hybridized carbons (Fsp3) is 0.211. The van der Waals surface area contributed by atoms with Crippen molar-refractivity contribution in [1.82, 2.24) is 0 Å². The van der Waals surface area contributed by atoms with Crippen molar-refractivity contribution >= 4 is 17.2 Å². The summed E-state index contributed by atoms with van der Waals surface area (Å²) in [6, 6.07) is 14.4. The molecule has 0 radical (unpaired) electrons. The van der Waals surface area contributed by atoms with E-state index in [9.17, 15) is 9.90 Å². The van der Waals surface area contributed by atoms with Crippen molar-refractivity contribution in [1.29, 1.82) is 0 Å². The molecule has 1 heterocycles. The standard InChI is InChI=1S/C19H19NO2/c1-13-12-19(2,3)20(17-10-9-15(21)11-16(13)17)18(22)14-7-5-4-6-8-14/h4-12,21H,1-3H3. The van der Waals surface area contributed by atoms with E-state index in [2.05, 4.69) is 6.08 Å². The van der Waals surface area contributed by atoms with Crippen LogP contribution >= 0.6 is 0 Å². The molecule has 3 nitrogen and oxygen atoms in total. The summed E-state index contributed by atoms with van der Waals surface area (Å²) in [6.45, 7) is 6.05. The Labute approximate surface area is 130 Å². The highest BCUT2D eigenvalue weighted by molar-refractivity contribution is 6.09. The highest BCUT2D eigenvalue weighted by atomic mass is 16.3. The van der Waals surface area contributed by atoms with Crippen LogP contribution in [0.3, 0.4) is 0 Å². The van der Waals surface area contributed by atoms with E-state index in [1.807, 2.05) is 57.2 Å². The number of carbonyl (C=O) groups excluding carboxylic acids is 1. The van der Waals surface area contributed by atoms with Gasteiger partial charge in [0.2, 0.25) is 0 Å². The van der Waals surface area contributed by atoms with E-state index in [0.717, 1.165) is 16.8 Å². The summed E-state index contributed by atoms with van der Waals surface area (Å²) in [5.41, 5.74) is 3.01. The van der Waals surface area contributed by atoms with E-state index < -0.39 is 5.54 Å². The molecule has 1 amide bonds. The predicted molar refractivity (Wildman–Crippen MR) is 89.1 cm³/mol. The maximum absolute atomic E-state index is 13.0. The number of aromatic hydroxyl groups is 1. The number of rotatable bonds is 1. The van der Waals surface area contributed by atoms with Crippen LogP contribution in [0.15, 0.2) is 54.6 Å². The second-order valence-electron chi connectivity index (χ2n) is 6.19. The maximum atomic E-state index is 13.0. The highest BCUT2D eigenvalue weighted by Crippen LogP contribution is 2.41. The smallest absolute Gasteiger partial charge is 0.259 e. The monoisotopic (exact) mass is 293 g/mol. The molecule has 0 saturated carbocycles. The lowest BCUT2D eigenvalue weighted by molar-refractivity contribution is 0.0970. The second-order valence-corrected chi connectivity index (χ2v) is 6.19. The van der Waals surface area contributed by atoms with Crippen LogP contribution in [0.5, 0.6) is 5.75 Å². The van der Waals surface area contributed by atoms with E-state index >= 15 is 0 Å². The zero-order valence-electron chi connectivity index (χ0n) is 13.0. The molecule has 0 spiro atoms. The van der Waals surface area contributed by atoms with Crippen LogP contribution in [0.2, 0.25) is 0 Å². The highest BCUT2D eigenvalue weighted by Gasteiger charge is 2.36. The Bertz CT molecular complexity index is 760. The number of fused-ring (bicyclic) bond motifs is 1. The fourth-order valence-corrected chi connectivity index (χ4v) is 3.10. The van der Waals surface area contributed by atoms with Crippen LogP contribution in [-0.2, 0) is 0 Å². The zero-order chi connectivity index (χ0) is 15.9. The molecule has 0 saturated heterocycles. The average Bonchev–Trinajstić information content (AvgIpc) is 2.48. The van der Waals surface area contributed by atoms with Crippen LogP contribution in [-0.4, -0.2) is 16.6 Å². The third-order valence-electron chi connectivity index (χ3n) is 4.02. The van der Waals surface area contributed by atoms with Crippen LogP contribution < -0.4 is 4.90 Å². The number of phenolic OH excluding ortho intramolecular Hbond substituents is 1. The molecule has 0 fully saturated rings. The maximum Gasteiger partial charge on any atom is 0.259 e. The number of nitrogens with zero attached hydrogens (tertiary/aromatic N) is 1. The molecule has 0 aliphatic carbocycles. The van der Waals surface area contributed by atoms with Crippen molar-refractivity contribution < 1.29 is 9.90 Å². The Morgan fingerprint density at radius 2 is 1.77 bits per heavy atom. The number of anilines is 1. The lowest BCUT2D eigenvalue weighted by Gasteiger charge is -2.41. The van der Waals surface area contributed by atoms with E-state index in [-0.39, 0.29) is 11.7 Å². The molecule has 0 aromatic heterocycles. The first-order valence-corrected chi connectivity index (χ1v) is 7.32. The topological polar surface area (TPSA) is 40.5 Å². The SMILES string of the molecule is CC1=CC(C)(C)N(C(=O)c2ccccc2)c2ccc(O)cc21. The Morgan fingerprint density at radius 3 is 2.45 bits per heavy atom. The Balaban J connectivity index is 2.16. The number of hydrogen-bond acceptors (Lipinski definition) is 2. The number of phenols is 1. The molecule has 22 heavy (non-hydrogen) atoms. The Hall–Kier alpha value is -2.55. The van der Waals surface area contributed by atoms with Crippen molar-refractivity contribution in [3.8, 4) is 5.75 Å². The molecule has 0 atom stereocenters. The van der Waals surface area contributed by atoms with Crippen LogP contribution in [0.4, 0.5) is 5.69 Å². The lowest BCUT2D eigenvalue weighted by Crippen LogP contribution is -2.48. The fourth-order valence-electron chi connectivity index (χ4n) is 3.10. The van der Waals surface area contributed by atoms with Crippen LogP contribution in [0.25, 0.3) is 5.57 Å². The van der Waals surface area contributed by atoms with E-state index in [0.29, 0.717) is 5.56 Å². The van der Waals surface area contributed by atoms with Crippen molar-refractivity contribution in [2.75, 3.05) is 4.90 Å². The molecule has 2 aromatic carbocycles. The van der Waals surface area contributed by atoms with Gasteiger partial charge in [-0.3, -0.25) is 9.69 Å². The van der Waals surface area contributed by atoms with Gasteiger partial charge in [0.15, 0.2) is 0 Å². The second kappa shape index (κ2) is 5.02. The average molecular weight is 293 g/mol. The normalized spacial score (nSPS) is 16.0. The number of hydrogen-bond donors (Lipinski definition) is 1. The van der Waals surface area contributed by atoms with Gasteiger partial charge in [-0.2, -0.15) is 0 Å². The molecular weight excluding hydrogens is 274 g/mol. The van der Waals surface area contributed by atoms with E-state index in [4.69, 9.17) is 0 Å². The Kier molecular flexibility index (Phi) is 3.28. The third kappa shape index (κ3) is 2.29. The Morgan fingerprint density at radius 1 is 1.09 bits per heavy atom. The molecule has 1 N–H and O–H groups in total. The van der Waals surface area contributed by atoms with Crippen molar-refractivity contribution in [3.05, 3.63) is 65.7 Å². The molecule has 0 unspecified atom stereocenters. The summed E-state index contributed by atoms with van der Waals surface area (Å²) in [4.78, 5) is 14.8. The van der Waals surface area contributed by atoms with Gasteiger partial charge in [-0.15, -0.1) is 0 Å². The van der Waals surface area contributed by atoms with Gasteiger partial charge in [0.05, 0.1) is 11.2 Å². The third-order valence-corrected chi connectivity index (χ3v) is 4.02. The van der Waals surface area contributed by atoms with Gasteiger partial charge in [-0.1, -0.05) is 24.3 Å². The van der Waals surface area contributed by atoms with Gasteiger partial charge in [-0.05, 0) is 56.7 Å². The molecule has 112 valence electrons. The molecule has 3 heteroatoms. The van der Waals surface area contributed by atoms with Gasteiger partial charge in [0.1, 0.15) is 5.75 Å². The van der Waals surface area contributed by atoms with Crippen molar-refractivity contribution in [2.45, 2.75) is 26.3 Å². The summed E-state index contributed by atoms with van der Waals surface area (Å²) in [5.74, 6) is 0.166. The number of allylic oxidation sites excluding steroid dienone is 1. The molecule has 2 aromatic rings. The summed E-state index contributed by atoms with van der Waals surface area (Å²) in [5, 5.41) is 9.75. The molecule has 1 aliphatic rings. The van der Waals surface area contributed by atoms with Gasteiger partial charge < -0.3 is 5.11 Å². The van der Waals surface area contributed by atoms with E-state index in [1.54, 1.807) is 17.0 Å². The van der Waals surface area contributed by atoms with Crippen molar-refractivity contribution in [2.24, 2.45) is 0 Å². The summed E-state index contributed by atoms with van der Waals surface area (Å²) in [7, 11) is 0. The first-order valence-electron chi connectivity index (χ1n) is 7.32. The van der Waals surface area contributed by atoms with Gasteiger partial charge in [0.25, 0.3) is 5.91 Å². The minimum Gasteiger partial charge on any atom is -0.508 e. The molecular formula is C19H19NO2. The first-order chi connectivity index (χ1) is 10.4. The largest absolute Gasteiger partial charge is 0.508 e. The molecule has 0 bridgehead atoms. The van der Waals surface area contributed by atoms with Gasteiger partial charge >= 0.3 is 0 Å². The minimum absolute atomic E-state index is 0.0405. The van der Waals surface area contributed by atoms with E-state index in [1.165, 1.54) is 0 Å².